The molecule has 4 saturated carbocycles. The van der Waals surface area contributed by atoms with Crippen molar-refractivity contribution in [1.82, 2.24) is 0 Å². The van der Waals surface area contributed by atoms with Gasteiger partial charge >= 0.3 is 0 Å². The Hall–Kier alpha value is -0.820. The number of Topliss-reactive ketones (excluding diaryl/α,β-unsaturated/α-hetero) is 2. The molecule has 0 amide bonds. The maximum atomic E-state index is 12.4. The summed E-state index contributed by atoms with van der Waals surface area (Å²) in [4.78, 5) is 24.4. The normalized spacial score (nSPS) is 54.8. The predicted octanol–water partition coefficient (Wildman–Crippen LogP) is 0.832. The molecule has 3 unspecified atom stereocenters. The number of hydrogen-bond donors (Lipinski definition) is 4. The summed E-state index contributed by atoms with van der Waals surface area (Å²) in [7, 11) is 0. The van der Waals surface area contributed by atoms with Crippen molar-refractivity contribution in [3.63, 3.8) is 0 Å². The zero-order valence-electron chi connectivity index (χ0n) is 16.2. The van der Waals surface area contributed by atoms with Crippen LogP contribution in [0.15, 0.2) is 0 Å². The molecule has 4 N–H and O–H groups in total. The molecule has 4 aliphatic carbocycles. The van der Waals surface area contributed by atoms with E-state index in [0.29, 0.717) is 32.1 Å². The highest BCUT2D eigenvalue weighted by molar-refractivity contribution is 5.89. The van der Waals surface area contributed by atoms with E-state index in [2.05, 4.69) is 6.92 Å². The molecule has 0 spiro atoms. The van der Waals surface area contributed by atoms with Crippen molar-refractivity contribution in [1.29, 1.82) is 0 Å². The Morgan fingerprint density at radius 1 is 1.15 bits per heavy atom. The summed E-state index contributed by atoms with van der Waals surface area (Å²) in [6, 6.07) is 0. The lowest BCUT2D eigenvalue weighted by Gasteiger charge is -2.63. The predicted molar refractivity (Wildman–Crippen MR) is 96.6 cm³/mol. The minimum atomic E-state index is -1.75. The molecule has 0 heterocycles. The largest absolute Gasteiger partial charge is 0.393 e. The summed E-state index contributed by atoms with van der Waals surface area (Å²) in [6.07, 6.45) is 2.09. The van der Waals surface area contributed by atoms with Gasteiger partial charge in [0.05, 0.1) is 12.2 Å². The van der Waals surface area contributed by atoms with Crippen molar-refractivity contribution < 1.29 is 30.0 Å². The van der Waals surface area contributed by atoms with Gasteiger partial charge in [-0.3, -0.25) is 9.59 Å². The first-order valence-electron chi connectivity index (χ1n) is 10.3. The lowest BCUT2D eigenvalue weighted by atomic mass is 9.43. The number of rotatable bonds is 2. The van der Waals surface area contributed by atoms with Crippen LogP contribution in [0.1, 0.15) is 58.8 Å². The minimum absolute atomic E-state index is 0.0685. The minimum Gasteiger partial charge on any atom is -0.393 e. The van der Waals surface area contributed by atoms with Gasteiger partial charge in [-0.05, 0) is 61.2 Å². The molecule has 4 aliphatic rings. The Bertz CT molecular complexity index is 663. The van der Waals surface area contributed by atoms with E-state index in [9.17, 15) is 30.0 Å². The molecular weight excluding hydrogens is 348 g/mol. The number of ketones is 2. The van der Waals surface area contributed by atoms with Crippen molar-refractivity contribution in [3.05, 3.63) is 0 Å². The quantitative estimate of drug-likeness (QED) is 0.564. The summed E-state index contributed by atoms with van der Waals surface area (Å²) in [5.74, 6) is -0.466. The van der Waals surface area contributed by atoms with Crippen molar-refractivity contribution in [2.45, 2.75) is 76.6 Å². The number of aliphatic hydroxyl groups is 4. The van der Waals surface area contributed by atoms with Gasteiger partial charge in [0.15, 0.2) is 5.78 Å². The first kappa shape index (κ1) is 19.5. The summed E-state index contributed by atoms with van der Waals surface area (Å²) in [5.41, 5.74) is -2.93. The number of aliphatic hydroxyl groups excluding tert-OH is 3. The van der Waals surface area contributed by atoms with Gasteiger partial charge in [-0.15, -0.1) is 0 Å². The van der Waals surface area contributed by atoms with E-state index in [0.717, 1.165) is 6.42 Å². The van der Waals surface area contributed by atoms with Gasteiger partial charge in [-0.25, -0.2) is 0 Å². The third-order valence-electron chi connectivity index (χ3n) is 9.35. The van der Waals surface area contributed by atoms with Crippen LogP contribution in [-0.2, 0) is 9.59 Å². The lowest BCUT2D eigenvalue weighted by molar-refractivity contribution is -0.224. The van der Waals surface area contributed by atoms with Crippen LogP contribution < -0.4 is 0 Å². The third-order valence-corrected chi connectivity index (χ3v) is 9.35. The lowest BCUT2D eigenvalue weighted by Crippen LogP contribution is -2.66. The van der Waals surface area contributed by atoms with E-state index < -0.39 is 35.6 Å². The van der Waals surface area contributed by atoms with Crippen molar-refractivity contribution >= 4 is 11.6 Å². The van der Waals surface area contributed by atoms with Gasteiger partial charge in [0.2, 0.25) is 0 Å². The Morgan fingerprint density at radius 3 is 2.52 bits per heavy atom. The van der Waals surface area contributed by atoms with Crippen LogP contribution in [0.2, 0.25) is 0 Å². The first-order valence-corrected chi connectivity index (χ1v) is 10.3. The Morgan fingerprint density at radius 2 is 1.85 bits per heavy atom. The van der Waals surface area contributed by atoms with E-state index in [1.807, 2.05) is 0 Å². The molecule has 0 radical (unpaired) electrons. The van der Waals surface area contributed by atoms with Gasteiger partial charge < -0.3 is 20.4 Å². The fourth-order valence-electron chi connectivity index (χ4n) is 7.61. The highest BCUT2D eigenvalue weighted by atomic mass is 16.3. The maximum Gasteiger partial charge on any atom is 0.190 e. The fourth-order valence-corrected chi connectivity index (χ4v) is 7.61. The Kier molecular flexibility index (Phi) is 4.39. The Labute approximate surface area is 160 Å². The smallest absolute Gasteiger partial charge is 0.190 e. The van der Waals surface area contributed by atoms with Crippen molar-refractivity contribution in [2.24, 2.45) is 34.5 Å². The van der Waals surface area contributed by atoms with Crippen LogP contribution in [0.5, 0.6) is 0 Å². The van der Waals surface area contributed by atoms with Crippen LogP contribution >= 0.6 is 0 Å². The Balaban J connectivity index is 1.74. The molecule has 0 aromatic heterocycles. The molecule has 6 nitrogen and oxygen atoms in total. The number of fused-ring (bicyclic) bond motifs is 5. The second-order valence-electron chi connectivity index (χ2n) is 10.1. The molecule has 4 fully saturated rings. The molecule has 9 atom stereocenters. The molecule has 0 saturated heterocycles. The average Bonchev–Trinajstić information content (AvgIpc) is 2.91. The van der Waals surface area contributed by atoms with Gasteiger partial charge in [0, 0.05) is 18.3 Å². The number of carbonyl (C=O) groups is 2. The molecule has 152 valence electrons. The first-order chi connectivity index (χ1) is 12.6. The topological polar surface area (TPSA) is 115 Å². The van der Waals surface area contributed by atoms with Crippen LogP contribution in [0.3, 0.4) is 0 Å². The highest BCUT2D eigenvalue weighted by Crippen LogP contribution is 2.68. The van der Waals surface area contributed by atoms with E-state index in [-0.39, 0.29) is 41.3 Å². The second-order valence-corrected chi connectivity index (χ2v) is 10.1. The van der Waals surface area contributed by atoms with E-state index in [4.69, 9.17) is 0 Å². The third kappa shape index (κ3) is 2.33. The highest BCUT2D eigenvalue weighted by Gasteiger charge is 2.71. The summed E-state index contributed by atoms with van der Waals surface area (Å²) >= 11 is 0. The second kappa shape index (κ2) is 6.09. The molecule has 0 bridgehead atoms. The average molecular weight is 380 g/mol. The fraction of sp³-hybridized carbons (Fsp3) is 0.905. The summed E-state index contributed by atoms with van der Waals surface area (Å²) in [6.45, 7) is 3.21. The van der Waals surface area contributed by atoms with E-state index in [1.54, 1.807) is 6.92 Å². The molecule has 4 rings (SSSR count). The van der Waals surface area contributed by atoms with Crippen LogP contribution in [0.4, 0.5) is 0 Å². The molecule has 0 aromatic rings. The van der Waals surface area contributed by atoms with Crippen molar-refractivity contribution in [2.75, 3.05) is 6.61 Å². The van der Waals surface area contributed by atoms with Gasteiger partial charge in [0.1, 0.15) is 18.0 Å². The van der Waals surface area contributed by atoms with Crippen LogP contribution in [0, 0.1) is 34.5 Å². The molecule has 0 aliphatic heterocycles. The molecular formula is C21H32O6. The van der Waals surface area contributed by atoms with Crippen molar-refractivity contribution in [3.8, 4) is 0 Å². The number of hydrogen-bond acceptors (Lipinski definition) is 6. The maximum absolute atomic E-state index is 12.4. The van der Waals surface area contributed by atoms with Gasteiger partial charge in [-0.1, -0.05) is 13.8 Å². The zero-order chi connectivity index (χ0) is 19.8. The van der Waals surface area contributed by atoms with Crippen LogP contribution in [0.25, 0.3) is 0 Å². The number of carbonyl (C=O) groups excluding carboxylic acids is 2. The monoisotopic (exact) mass is 380 g/mol. The van der Waals surface area contributed by atoms with E-state index >= 15 is 0 Å². The van der Waals surface area contributed by atoms with Gasteiger partial charge in [-0.2, -0.15) is 0 Å². The summed E-state index contributed by atoms with van der Waals surface area (Å²) in [5, 5.41) is 42.8. The van der Waals surface area contributed by atoms with Crippen LogP contribution in [-0.4, -0.2) is 56.4 Å². The summed E-state index contributed by atoms with van der Waals surface area (Å²) < 4.78 is 0. The van der Waals surface area contributed by atoms with Gasteiger partial charge in [0.25, 0.3) is 0 Å². The van der Waals surface area contributed by atoms with E-state index in [1.165, 1.54) is 0 Å². The SMILES string of the molecule is C[C@]12CCC(=O)C[C@H]1C[C@@H](O)C1C2C[C@H](O)[C@@]2(C)C1CC[C@]2(O)C(=O)CO. The zero-order valence-corrected chi connectivity index (χ0v) is 16.2. The molecule has 27 heavy (non-hydrogen) atoms. The standard InChI is InChI=1S/C21H32O6/c1-19-5-3-12(23)7-11(19)8-15(24)18-13-4-6-21(27,17(26)10-22)20(13,2)16(25)9-14(18)19/h11,13-16,18,22,24-25,27H,3-10H2,1-2H3/t11-,13?,14?,15+,16-,18?,19-,20+,21-/m0/s1. The molecule has 0 aromatic carbocycles. The molecule has 6 heteroatoms.